The van der Waals surface area contributed by atoms with Gasteiger partial charge in [-0.25, -0.2) is 9.97 Å². The van der Waals surface area contributed by atoms with E-state index in [1.807, 2.05) is 30.5 Å². The zero-order valence-corrected chi connectivity index (χ0v) is 12.0. The Labute approximate surface area is 122 Å². The average Bonchev–Trinajstić information content (AvgIpc) is 2.75. The van der Waals surface area contributed by atoms with Crippen molar-refractivity contribution in [2.24, 2.45) is 0 Å². The van der Waals surface area contributed by atoms with Crippen LogP contribution in [0.3, 0.4) is 0 Å². The Morgan fingerprint density at radius 2 is 2.14 bits per heavy atom. The van der Waals surface area contributed by atoms with Crippen LogP contribution in [0.15, 0.2) is 30.9 Å². The van der Waals surface area contributed by atoms with E-state index in [1.165, 1.54) is 6.33 Å². The van der Waals surface area contributed by atoms with E-state index in [0.717, 1.165) is 33.8 Å². The number of fused-ring (bicyclic) bond motifs is 1. The largest absolute Gasteiger partial charge is 0.395 e. The number of aliphatic hydroxyl groups is 1. The normalized spacial score (nSPS) is 11.0. The number of hydrogen-bond acceptors (Lipinski definition) is 5. The molecule has 0 saturated carbocycles. The predicted molar refractivity (Wildman–Crippen MR) is 81.6 cm³/mol. The van der Waals surface area contributed by atoms with Gasteiger partial charge in [0.2, 0.25) is 0 Å². The fraction of sp³-hybridized carbons (Fsp3) is 0.267. The molecule has 21 heavy (non-hydrogen) atoms. The van der Waals surface area contributed by atoms with Crippen LogP contribution in [0.1, 0.15) is 11.3 Å². The Hall–Kier alpha value is -2.47. The van der Waals surface area contributed by atoms with Crippen molar-refractivity contribution in [3.05, 3.63) is 42.1 Å². The van der Waals surface area contributed by atoms with E-state index in [0.29, 0.717) is 6.54 Å². The SMILES string of the molecule is Cc1c(C)n(CCO)c2ncnc(Nc3cccnc3)c12. The third kappa shape index (κ3) is 2.34. The summed E-state index contributed by atoms with van der Waals surface area (Å²) in [7, 11) is 0. The molecule has 0 radical (unpaired) electrons. The first-order valence-corrected chi connectivity index (χ1v) is 6.80. The Kier molecular flexibility index (Phi) is 3.53. The summed E-state index contributed by atoms with van der Waals surface area (Å²) >= 11 is 0. The van der Waals surface area contributed by atoms with Gasteiger partial charge >= 0.3 is 0 Å². The van der Waals surface area contributed by atoms with Crippen molar-refractivity contribution in [3.63, 3.8) is 0 Å². The molecule has 0 aromatic carbocycles. The fourth-order valence-corrected chi connectivity index (χ4v) is 2.51. The summed E-state index contributed by atoms with van der Waals surface area (Å²) in [5.41, 5.74) is 3.92. The molecule has 3 heterocycles. The Bertz CT molecular complexity index is 767. The van der Waals surface area contributed by atoms with E-state index in [9.17, 15) is 5.11 Å². The highest BCUT2D eigenvalue weighted by Gasteiger charge is 2.16. The third-order valence-corrected chi connectivity index (χ3v) is 3.65. The number of aryl methyl sites for hydroxylation is 1. The molecule has 0 fully saturated rings. The highest BCUT2D eigenvalue weighted by Crippen LogP contribution is 2.29. The van der Waals surface area contributed by atoms with Gasteiger partial charge in [0.15, 0.2) is 0 Å². The first-order chi connectivity index (χ1) is 10.2. The van der Waals surface area contributed by atoms with Crippen LogP contribution in [0.5, 0.6) is 0 Å². The van der Waals surface area contributed by atoms with Gasteiger partial charge in [-0.15, -0.1) is 0 Å². The summed E-state index contributed by atoms with van der Waals surface area (Å²) in [4.78, 5) is 12.8. The number of aliphatic hydroxyl groups excluding tert-OH is 1. The standard InChI is InChI=1S/C15H17N5O/c1-10-11(2)20(6-7-21)15-13(10)14(17-9-18-15)19-12-4-3-5-16-8-12/h3-5,8-9,21H,6-7H2,1-2H3,(H,17,18,19). The highest BCUT2D eigenvalue weighted by atomic mass is 16.3. The maximum Gasteiger partial charge on any atom is 0.146 e. The number of rotatable bonds is 4. The summed E-state index contributed by atoms with van der Waals surface area (Å²) in [5.74, 6) is 0.755. The van der Waals surface area contributed by atoms with Crippen molar-refractivity contribution in [3.8, 4) is 0 Å². The quantitative estimate of drug-likeness (QED) is 0.767. The molecule has 0 aliphatic heterocycles. The summed E-state index contributed by atoms with van der Waals surface area (Å²) in [6.45, 7) is 4.68. The minimum Gasteiger partial charge on any atom is -0.395 e. The molecule has 2 N–H and O–H groups in total. The second-order valence-electron chi connectivity index (χ2n) is 4.87. The van der Waals surface area contributed by atoms with Gasteiger partial charge in [-0.05, 0) is 31.5 Å². The fourth-order valence-electron chi connectivity index (χ4n) is 2.51. The van der Waals surface area contributed by atoms with Crippen molar-refractivity contribution < 1.29 is 5.11 Å². The van der Waals surface area contributed by atoms with Gasteiger partial charge in [0.05, 0.1) is 23.9 Å². The van der Waals surface area contributed by atoms with E-state index >= 15 is 0 Å². The second-order valence-corrected chi connectivity index (χ2v) is 4.87. The van der Waals surface area contributed by atoms with Gasteiger partial charge in [-0.1, -0.05) is 0 Å². The molecule has 3 rings (SSSR count). The lowest BCUT2D eigenvalue weighted by Crippen LogP contribution is -2.05. The zero-order chi connectivity index (χ0) is 14.8. The van der Waals surface area contributed by atoms with Crippen LogP contribution >= 0.6 is 0 Å². The van der Waals surface area contributed by atoms with E-state index in [4.69, 9.17) is 0 Å². The average molecular weight is 283 g/mol. The topological polar surface area (TPSA) is 75.9 Å². The number of nitrogens with zero attached hydrogens (tertiary/aromatic N) is 4. The number of aromatic nitrogens is 4. The van der Waals surface area contributed by atoms with Gasteiger partial charge < -0.3 is 15.0 Å². The van der Waals surface area contributed by atoms with Gasteiger partial charge in [0, 0.05) is 18.4 Å². The molecule has 0 atom stereocenters. The first-order valence-electron chi connectivity index (χ1n) is 6.80. The number of hydrogen-bond donors (Lipinski definition) is 2. The van der Waals surface area contributed by atoms with E-state index in [1.54, 1.807) is 12.4 Å². The van der Waals surface area contributed by atoms with Crippen molar-refractivity contribution >= 4 is 22.5 Å². The molecule has 0 amide bonds. The minimum atomic E-state index is 0.0828. The maximum absolute atomic E-state index is 9.23. The molecule has 0 aliphatic carbocycles. The van der Waals surface area contributed by atoms with E-state index in [2.05, 4.69) is 20.3 Å². The van der Waals surface area contributed by atoms with Crippen molar-refractivity contribution in [1.82, 2.24) is 19.5 Å². The number of nitrogens with one attached hydrogen (secondary N) is 1. The smallest absolute Gasteiger partial charge is 0.146 e. The van der Waals surface area contributed by atoms with Gasteiger partial charge in [-0.2, -0.15) is 0 Å². The van der Waals surface area contributed by atoms with Crippen LogP contribution in [0, 0.1) is 13.8 Å². The molecular weight excluding hydrogens is 266 g/mol. The van der Waals surface area contributed by atoms with Crippen LogP contribution < -0.4 is 5.32 Å². The van der Waals surface area contributed by atoms with Crippen LogP contribution in [-0.2, 0) is 6.54 Å². The third-order valence-electron chi connectivity index (χ3n) is 3.65. The van der Waals surface area contributed by atoms with Crippen molar-refractivity contribution in [2.45, 2.75) is 20.4 Å². The molecule has 3 aromatic heterocycles. The molecule has 0 spiro atoms. The summed E-state index contributed by atoms with van der Waals surface area (Å²) in [6, 6.07) is 3.81. The maximum atomic E-state index is 9.23. The number of pyridine rings is 1. The summed E-state index contributed by atoms with van der Waals surface area (Å²) in [5, 5.41) is 13.5. The van der Waals surface area contributed by atoms with E-state index < -0.39 is 0 Å². The van der Waals surface area contributed by atoms with Crippen LogP contribution in [-0.4, -0.2) is 31.2 Å². The van der Waals surface area contributed by atoms with E-state index in [-0.39, 0.29) is 6.61 Å². The molecule has 0 aliphatic rings. The lowest BCUT2D eigenvalue weighted by Gasteiger charge is -2.07. The monoisotopic (exact) mass is 283 g/mol. The highest BCUT2D eigenvalue weighted by molar-refractivity contribution is 5.93. The van der Waals surface area contributed by atoms with Crippen LogP contribution in [0.25, 0.3) is 11.0 Å². The lowest BCUT2D eigenvalue weighted by atomic mass is 10.2. The van der Waals surface area contributed by atoms with Crippen molar-refractivity contribution in [1.29, 1.82) is 0 Å². The Balaban J connectivity index is 2.14. The molecule has 3 aromatic rings. The summed E-state index contributed by atoms with van der Waals surface area (Å²) in [6.07, 6.45) is 5.02. The van der Waals surface area contributed by atoms with Gasteiger partial charge in [0.25, 0.3) is 0 Å². The molecule has 0 unspecified atom stereocenters. The molecule has 6 heteroatoms. The van der Waals surface area contributed by atoms with Crippen LogP contribution in [0.2, 0.25) is 0 Å². The van der Waals surface area contributed by atoms with Crippen LogP contribution in [0.4, 0.5) is 11.5 Å². The summed E-state index contributed by atoms with van der Waals surface area (Å²) < 4.78 is 2.01. The van der Waals surface area contributed by atoms with Gasteiger partial charge in [-0.3, -0.25) is 4.98 Å². The molecular formula is C15H17N5O. The second kappa shape index (κ2) is 5.49. The van der Waals surface area contributed by atoms with Crippen molar-refractivity contribution in [2.75, 3.05) is 11.9 Å². The Morgan fingerprint density at radius 3 is 2.86 bits per heavy atom. The molecule has 6 nitrogen and oxygen atoms in total. The molecule has 108 valence electrons. The number of anilines is 2. The first kappa shape index (κ1) is 13.5. The lowest BCUT2D eigenvalue weighted by molar-refractivity contribution is 0.276. The van der Waals surface area contributed by atoms with Gasteiger partial charge in [0.1, 0.15) is 17.8 Å². The Morgan fingerprint density at radius 1 is 1.29 bits per heavy atom. The zero-order valence-electron chi connectivity index (χ0n) is 12.0. The molecule has 0 bridgehead atoms. The molecule has 0 saturated heterocycles. The predicted octanol–water partition coefficient (Wildman–Crippen LogP) is 2.18. The minimum absolute atomic E-state index is 0.0828.